The van der Waals surface area contributed by atoms with Crippen molar-refractivity contribution in [3.63, 3.8) is 0 Å². The molecule has 150 valence electrons. The van der Waals surface area contributed by atoms with E-state index in [4.69, 9.17) is 9.47 Å². The van der Waals surface area contributed by atoms with E-state index in [0.717, 1.165) is 12.8 Å². The second-order valence-electron chi connectivity index (χ2n) is 6.56. The number of nitrogens with zero attached hydrogens (tertiary/aromatic N) is 1. The summed E-state index contributed by atoms with van der Waals surface area (Å²) in [5, 5.41) is 2.74. The molecule has 3 rings (SSSR count). The van der Waals surface area contributed by atoms with Crippen molar-refractivity contribution < 1.29 is 22.7 Å². The first kappa shape index (κ1) is 20.2. The van der Waals surface area contributed by atoms with Crippen molar-refractivity contribution in [1.82, 2.24) is 4.31 Å². The molecule has 2 aromatic rings. The Morgan fingerprint density at radius 3 is 2.36 bits per heavy atom. The van der Waals surface area contributed by atoms with Gasteiger partial charge in [-0.05, 0) is 56.2 Å². The fraction of sp³-hybridized carbons (Fsp3) is 0.350. The summed E-state index contributed by atoms with van der Waals surface area (Å²) in [6, 6.07) is 13.2. The zero-order valence-electron chi connectivity index (χ0n) is 15.9. The Labute approximate surface area is 165 Å². The number of benzene rings is 2. The number of hydrogen-bond acceptors (Lipinski definition) is 5. The minimum atomic E-state index is -3.46. The van der Waals surface area contributed by atoms with Gasteiger partial charge in [0.15, 0.2) is 6.10 Å². The number of carbonyl (C=O) groups excluding carboxylic acids is 1. The predicted octanol–water partition coefficient (Wildman–Crippen LogP) is 2.89. The van der Waals surface area contributed by atoms with E-state index < -0.39 is 16.1 Å². The Balaban J connectivity index is 1.62. The highest BCUT2D eigenvalue weighted by molar-refractivity contribution is 7.89. The SMILES string of the molecule is COc1cccc(O[C@@H](C)C(=O)Nc2ccc(S(=O)(=O)N3CCCC3)cc2)c1. The van der Waals surface area contributed by atoms with Crippen molar-refractivity contribution in [2.75, 3.05) is 25.5 Å². The summed E-state index contributed by atoms with van der Waals surface area (Å²) in [6.07, 6.45) is 1.04. The number of anilines is 1. The number of amides is 1. The van der Waals surface area contributed by atoms with Crippen LogP contribution in [0.1, 0.15) is 19.8 Å². The predicted molar refractivity (Wildman–Crippen MR) is 106 cm³/mol. The zero-order valence-corrected chi connectivity index (χ0v) is 16.7. The van der Waals surface area contributed by atoms with Crippen molar-refractivity contribution in [1.29, 1.82) is 0 Å². The molecular weight excluding hydrogens is 380 g/mol. The second-order valence-corrected chi connectivity index (χ2v) is 8.50. The number of rotatable bonds is 7. The molecule has 1 saturated heterocycles. The molecule has 1 amide bonds. The van der Waals surface area contributed by atoms with Crippen LogP contribution in [0.5, 0.6) is 11.5 Å². The number of nitrogens with one attached hydrogen (secondary N) is 1. The number of sulfonamides is 1. The van der Waals surface area contributed by atoms with Crippen LogP contribution in [0, 0.1) is 0 Å². The second kappa shape index (κ2) is 8.62. The molecule has 28 heavy (non-hydrogen) atoms. The Morgan fingerprint density at radius 2 is 1.71 bits per heavy atom. The summed E-state index contributed by atoms with van der Waals surface area (Å²) < 4.78 is 37.3. The molecule has 8 heteroatoms. The van der Waals surface area contributed by atoms with E-state index in [1.165, 1.54) is 16.4 Å². The maximum atomic E-state index is 12.5. The summed E-state index contributed by atoms with van der Waals surface area (Å²) in [5.41, 5.74) is 0.506. The molecule has 1 atom stereocenters. The molecule has 0 spiro atoms. The Kier molecular flexibility index (Phi) is 6.21. The Morgan fingerprint density at radius 1 is 1.07 bits per heavy atom. The zero-order chi connectivity index (χ0) is 20.1. The average Bonchev–Trinajstić information content (AvgIpc) is 3.24. The normalized spacial score (nSPS) is 15.8. The highest BCUT2D eigenvalue weighted by Crippen LogP contribution is 2.23. The van der Waals surface area contributed by atoms with Crippen LogP contribution < -0.4 is 14.8 Å². The van der Waals surface area contributed by atoms with Crippen LogP contribution in [-0.4, -0.2) is 44.9 Å². The maximum absolute atomic E-state index is 12.5. The van der Waals surface area contributed by atoms with Crippen LogP contribution in [0.25, 0.3) is 0 Å². The first-order valence-electron chi connectivity index (χ1n) is 9.12. The molecule has 1 aliphatic rings. The molecule has 1 aliphatic heterocycles. The molecule has 0 unspecified atom stereocenters. The fourth-order valence-electron chi connectivity index (χ4n) is 2.96. The van der Waals surface area contributed by atoms with Gasteiger partial charge in [0.1, 0.15) is 11.5 Å². The van der Waals surface area contributed by atoms with Crippen molar-refractivity contribution >= 4 is 21.6 Å². The average molecular weight is 404 g/mol. The van der Waals surface area contributed by atoms with Crippen molar-refractivity contribution in [2.45, 2.75) is 30.8 Å². The van der Waals surface area contributed by atoms with Gasteiger partial charge in [-0.3, -0.25) is 4.79 Å². The summed E-state index contributed by atoms with van der Waals surface area (Å²) >= 11 is 0. The number of carbonyl (C=O) groups is 1. The Hall–Kier alpha value is -2.58. The van der Waals surface area contributed by atoms with E-state index in [1.54, 1.807) is 50.4 Å². The summed E-state index contributed by atoms with van der Waals surface area (Å²) in [5.74, 6) is 0.826. The molecule has 1 fully saturated rings. The lowest BCUT2D eigenvalue weighted by Crippen LogP contribution is -2.30. The third-order valence-corrected chi connectivity index (χ3v) is 6.46. The molecule has 1 heterocycles. The van der Waals surface area contributed by atoms with E-state index >= 15 is 0 Å². The lowest BCUT2D eigenvalue weighted by Gasteiger charge is -2.17. The molecule has 0 saturated carbocycles. The van der Waals surface area contributed by atoms with Crippen LogP contribution in [0.2, 0.25) is 0 Å². The van der Waals surface area contributed by atoms with Crippen LogP contribution in [0.4, 0.5) is 5.69 Å². The van der Waals surface area contributed by atoms with Crippen molar-refractivity contribution in [3.8, 4) is 11.5 Å². The third kappa shape index (κ3) is 4.63. The van der Waals surface area contributed by atoms with Gasteiger partial charge in [-0.2, -0.15) is 4.31 Å². The van der Waals surface area contributed by atoms with E-state index in [1.807, 2.05) is 0 Å². The minimum absolute atomic E-state index is 0.230. The van der Waals surface area contributed by atoms with Gasteiger partial charge < -0.3 is 14.8 Å². The monoisotopic (exact) mass is 404 g/mol. The summed E-state index contributed by atoms with van der Waals surface area (Å²) in [6.45, 7) is 2.75. The van der Waals surface area contributed by atoms with Crippen molar-refractivity contribution in [2.24, 2.45) is 0 Å². The topological polar surface area (TPSA) is 84.9 Å². The summed E-state index contributed by atoms with van der Waals surface area (Å²) in [4.78, 5) is 12.6. The van der Waals surface area contributed by atoms with E-state index in [-0.39, 0.29) is 10.8 Å². The highest BCUT2D eigenvalue weighted by atomic mass is 32.2. The van der Waals surface area contributed by atoms with Gasteiger partial charge in [-0.15, -0.1) is 0 Å². The lowest BCUT2D eigenvalue weighted by atomic mass is 10.3. The quantitative estimate of drug-likeness (QED) is 0.767. The van der Waals surface area contributed by atoms with Crippen LogP contribution in [0.3, 0.4) is 0 Å². The number of hydrogen-bond donors (Lipinski definition) is 1. The van der Waals surface area contributed by atoms with Gasteiger partial charge >= 0.3 is 0 Å². The van der Waals surface area contributed by atoms with Crippen LogP contribution in [-0.2, 0) is 14.8 Å². The molecule has 1 N–H and O–H groups in total. The van der Waals surface area contributed by atoms with Gasteiger partial charge in [0.05, 0.1) is 12.0 Å². The van der Waals surface area contributed by atoms with Crippen LogP contribution >= 0.6 is 0 Å². The molecule has 0 bridgehead atoms. The molecule has 2 aromatic carbocycles. The molecule has 0 aliphatic carbocycles. The smallest absolute Gasteiger partial charge is 0.265 e. The molecule has 7 nitrogen and oxygen atoms in total. The van der Waals surface area contributed by atoms with E-state index in [9.17, 15) is 13.2 Å². The van der Waals surface area contributed by atoms with Gasteiger partial charge in [0, 0.05) is 24.8 Å². The largest absolute Gasteiger partial charge is 0.497 e. The molecule has 0 aromatic heterocycles. The van der Waals surface area contributed by atoms with Gasteiger partial charge in [-0.25, -0.2) is 8.42 Å². The third-order valence-electron chi connectivity index (χ3n) is 4.55. The van der Waals surface area contributed by atoms with Gasteiger partial charge in [0.25, 0.3) is 5.91 Å². The lowest BCUT2D eigenvalue weighted by molar-refractivity contribution is -0.122. The first-order valence-corrected chi connectivity index (χ1v) is 10.6. The van der Waals surface area contributed by atoms with Crippen LogP contribution in [0.15, 0.2) is 53.4 Å². The number of ether oxygens (including phenoxy) is 2. The van der Waals surface area contributed by atoms with E-state index in [2.05, 4.69) is 5.32 Å². The first-order chi connectivity index (χ1) is 13.4. The standard InChI is InChI=1S/C20H24N2O5S/c1-15(27-18-7-5-6-17(14-18)26-2)20(23)21-16-8-10-19(11-9-16)28(24,25)22-12-3-4-13-22/h5-11,14-15H,3-4,12-13H2,1-2H3,(H,21,23)/t15-/m0/s1. The number of methoxy groups -OCH3 is 1. The fourth-order valence-corrected chi connectivity index (χ4v) is 4.48. The van der Waals surface area contributed by atoms with Gasteiger partial charge in [0.2, 0.25) is 10.0 Å². The van der Waals surface area contributed by atoms with Crippen molar-refractivity contribution in [3.05, 3.63) is 48.5 Å². The Bertz CT molecular complexity index is 922. The minimum Gasteiger partial charge on any atom is -0.497 e. The highest BCUT2D eigenvalue weighted by Gasteiger charge is 2.27. The van der Waals surface area contributed by atoms with E-state index in [0.29, 0.717) is 30.3 Å². The summed E-state index contributed by atoms with van der Waals surface area (Å²) in [7, 11) is -1.91. The maximum Gasteiger partial charge on any atom is 0.265 e. The molecule has 0 radical (unpaired) electrons. The molecular formula is C20H24N2O5S. The van der Waals surface area contributed by atoms with Gasteiger partial charge in [-0.1, -0.05) is 6.07 Å².